The second-order valence-electron chi connectivity index (χ2n) is 7.17. The molecule has 3 aromatic rings. The zero-order valence-corrected chi connectivity index (χ0v) is 17.7. The van der Waals surface area contributed by atoms with Gasteiger partial charge in [-0.05, 0) is 70.3 Å². The molecule has 0 fully saturated rings. The van der Waals surface area contributed by atoms with Gasteiger partial charge in [0.1, 0.15) is 12.4 Å². The average Bonchev–Trinajstić information content (AvgIpc) is 3.28. The van der Waals surface area contributed by atoms with E-state index in [0.717, 1.165) is 32.9 Å². The zero-order valence-electron chi connectivity index (χ0n) is 16.9. The SMILES string of the molecule is CCC(O)(CC)c1csc(-c2cccc(OCc3ccc(CO)c(CO)c3)c2)c1. The summed E-state index contributed by atoms with van der Waals surface area (Å²) in [7, 11) is 0. The minimum absolute atomic E-state index is 0.0902. The third-order valence-corrected chi connectivity index (χ3v) is 6.42. The highest BCUT2D eigenvalue weighted by atomic mass is 32.1. The molecule has 2 aromatic carbocycles. The molecule has 1 heterocycles. The summed E-state index contributed by atoms with van der Waals surface area (Å²) < 4.78 is 5.95. The summed E-state index contributed by atoms with van der Waals surface area (Å²) in [6, 6.07) is 15.6. The van der Waals surface area contributed by atoms with Crippen molar-refractivity contribution in [1.29, 1.82) is 0 Å². The van der Waals surface area contributed by atoms with Crippen LogP contribution in [0.2, 0.25) is 0 Å². The van der Waals surface area contributed by atoms with Gasteiger partial charge in [0.2, 0.25) is 0 Å². The maximum Gasteiger partial charge on any atom is 0.120 e. The van der Waals surface area contributed by atoms with Gasteiger partial charge in [0.05, 0.1) is 18.8 Å². The molecule has 4 nitrogen and oxygen atoms in total. The third-order valence-electron chi connectivity index (χ3n) is 5.44. The summed E-state index contributed by atoms with van der Waals surface area (Å²) in [5.74, 6) is 0.760. The van der Waals surface area contributed by atoms with Crippen molar-refractivity contribution < 1.29 is 20.1 Å². The van der Waals surface area contributed by atoms with Gasteiger partial charge in [0, 0.05) is 4.88 Å². The Balaban J connectivity index is 1.75. The molecular formula is C24H28O4S. The summed E-state index contributed by atoms with van der Waals surface area (Å²) in [4.78, 5) is 1.10. The first-order valence-electron chi connectivity index (χ1n) is 9.90. The molecule has 0 unspecified atom stereocenters. The monoisotopic (exact) mass is 412 g/mol. The molecule has 29 heavy (non-hydrogen) atoms. The number of rotatable bonds is 9. The Morgan fingerprint density at radius 2 is 1.69 bits per heavy atom. The van der Waals surface area contributed by atoms with Crippen molar-refractivity contribution >= 4 is 11.3 Å². The predicted molar refractivity (Wildman–Crippen MR) is 117 cm³/mol. The summed E-state index contributed by atoms with van der Waals surface area (Å²) >= 11 is 1.63. The Hall–Kier alpha value is -2.18. The van der Waals surface area contributed by atoms with Gasteiger partial charge in [0.25, 0.3) is 0 Å². The first-order chi connectivity index (χ1) is 14.0. The zero-order chi connectivity index (χ0) is 20.9. The third kappa shape index (κ3) is 4.87. The number of benzene rings is 2. The topological polar surface area (TPSA) is 69.9 Å². The van der Waals surface area contributed by atoms with Crippen molar-refractivity contribution in [3.8, 4) is 16.2 Å². The molecule has 0 saturated heterocycles. The molecule has 3 N–H and O–H groups in total. The lowest BCUT2D eigenvalue weighted by Gasteiger charge is -2.24. The van der Waals surface area contributed by atoms with Crippen LogP contribution in [0.15, 0.2) is 53.9 Å². The van der Waals surface area contributed by atoms with Crippen LogP contribution in [0.1, 0.15) is 48.9 Å². The Kier molecular flexibility index (Phi) is 7.09. The molecule has 0 spiro atoms. The molecule has 3 rings (SSSR count). The number of hydrogen-bond donors (Lipinski definition) is 3. The van der Waals surface area contributed by atoms with Gasteiger partial charge in [-0.15, -0.1) is 11.3 Å². The first-order valence-corrected chi connectivity index (χ1v) is 10.8. The van der Waals surface area contributed by atoms with E-state index in [-0.39, 0.29) is 13.2 Å². The molecule has 0 aliphatic heterocycles. The molecule has 5 heteroatoms. The maximum absolute atomic E-state index is 10.8. The van der Waals surface area contributed by atoms with Crippen molar-refractivity contribution in [2.45, 2.75) is 52.1 Å². The fourth-order valence-corrected chi connectivity index (χ4v) is 4.37. The van der Waals surface area contributed by atoms with Crippen LogP contribution in [0.5, 0.6) is 5.75 Å². The summed E-state index contributed by atoms with van der Waals surface area (Å²) in [5, 5.41) is 31.6. The number of hydrogen-bond acceptors (Lipinski definition) is 5. The van der Waals surface area contributed by atoms with E-state index in [1.807, 2.05) is 61.7 Å². The van der Waals surface area contributed by atoms with Crippen molar-refractivity contribution in [2.75, 3.05) is 0 Å². The Morgan fingerprint density at radius 3 is 2.38 bits per heavy atom. The highest BCUT2D eigenvalue weighted by Gasteiger charge is 2.26. The summed E-state index contributed by atoms with van der Waals surface area (Å²) in [6.45, 7) is 4.19. The molecule has 0 bridgehead atoms. The molecule has 0 radical (unpaired) electrons. The van der Waals surface area contributed by atoms with Crippen LogP contribution < -0.4 is 4.74 Å². The lowest BCUT2D eigenvalue weighted by atomic mass is 9.90. The Bertz CT molecular complexity index is 944. The van der Waals surface area contributed by atoms with Gasteiger partial charge in [-0.3, -0.25) is 0 Å². The molecule has 0 atom stereocenters. The minimum Gasteiger partial charge on any atom is -0.489 e. The van der Waals surface area contributed by atoms with Crippen LogP contribution in [0.25, 0.3) is 10.4 Å². The summed E-state index contributed by atoms with van der Waals surface area (Å²) in [6.07, 6.45) is 1.38. The molecule has 0 aliphatic carbocycles. The van der Waals surface area contributed by atoms with Gasteiger partial charge in [-0.2, -0.15) is 0 Å². The standard InChI is InChI=1S/C24H28O4S/c1-3-24(27,4-2)21-12-23(29-16-21)18-6-5-7-22(11-18)28-15-17-8-9-19(13-25)20(10-17)14-26/h5-12,16,25-27H,3-4,13-15H2,1-2H3. The van der Waals surface area contributed by atoms with E-state index in [1.54, 1.807) is 11.3 Å². The molecular weight excluding hydrogens is 384 g/mol. The van der Waals surface area contributed by atoms with Crippen LogP contribution >= 0.6 is 11.3 Å². The van der Waals surface area contributed by atoms with E-state index in [4.69, 9.17) is 4.74 Å². The van der Waals surface area contributed by atoms with Crippen LogP contribution in [0, 0.1) is 0 Å². The van der Waals surface area contributed by atoms with Gasteiger partial charge >= 0.3 is 0 Å². The number of aliphatic hydroxyl groups excluding tert-OH is 2. The second-order valence-corrected chi connectivity index (χ2v) is 8.09. The number of thiophene rings is 1. The van der Waals surface area contributed by atoms with E-state index >= 15 is 0 Å². The Morgan fingerprint density at radius 1 is 0.931 bits per heavy atom. The van der Waals surface area contributed by atoms with Crippen LogP contribution in [-0.2, 0) is 25.4 Å². The lowest BCUT2D eigenvalue weighted by Crippen LogP contribution is -2.22. The highest BCUT2D eigenvalue weighted by molar-refractivity contribution is 7.13. The van der Waals surface area contributed by atoms with E-state index < -0.39 is 5.60 Å². The normalized spacial score (nSPS) is 11.6. The minimum atomic E-state index is -0.770. The van der Waals surface area contributed by atoms with E-state index in [2.05, 4.69) is 6.07 Å². The number of aliphatic hydroxyl groups is 3. The van der Waals surface area contributed by atoms with Crippen LogP contribution in [-0.4, -0.2) is 15.3 Å². The predicted octanol–water partition coefficient (Wildman–Crippen LogP) is 4.99. The van der Waals surface area contributed by atoms with Crippen molar-refractivity contribution in [3.05, 3.63) is 76.2 Å². The average molecular weight is 413 g/mol. The molecule has 1 aromatic heterocycles. The first kappa shape index (κ1) is 21.5. The van der Waals surface area contributed by atoms with E-state index in [9.17, 15) is 15.3 Å². The van der Waals surface area contributed by atoms with E-state index in [1.165, 1.54) is 0 Å². The Labute approximate surface area is 176 Å². The highest BCUT2D eigenvalue weighted by Crippen LogP contribution is 2.36. The van der Waals surface area contributed by atoms with Gasteiger partial charge in [0.15, 0.2) is 0 Å². The van der Waals surface area contributed by atoms with Gasteiger partial charge in [-0.25, -0.2) is 0 Å². The van der Waals surface area contributed by atoms with E-state index in [0.29, 0.717) is 25.0 Å². The maximum atomic E-state index is 10.8. The molecule has 0 amide bonds. The molecule has 0 saturated carbocycles. The molecule has 0 aliphatic rings. The largest absolute Gasteiger partial charge is 0.489 e. The van der Waals surface area contributed by atoms with Crippen LogP contribution in [0.4, 0.5) is 0 Å². The fourth-order valence-electron chi connectivity index (χ4n) is 3.37. The van der Waals surface area contributed by atoms with Crippen LogP contribution in [0.3, 0.4) is 0 Å². The summed E-state index contributed by atoms with van der Waals surface area (Å²) in [5.41, 5.74) is 3.63. The van der Waals surface area contributed by atoms with Crippen molar-refractivity contribution in [2.24, 2.45) is 0 Å². The van der Waals surface area contributed by atoms with Crippen molar-refractivity contribution in [3.63, 3.8) is 0 Å². The smallest absolute Gasteiger partial charge is 0.120 e. The number of ether oxygens (including phenoxy) is 1. The van der Waals surface area contributed by atoms with Crippen molar-refractivity contribution in [1.82, 2.24) is 0 Å². The quantitative estimate of drug-likeness (QED) is 0.463. The van der Waals surface area contributed by atoms with Gasteiger partial charge in [-0.1, -0.05) is 38.1 Å². The van der Waals surface area contributed by atoms with Gasteiger partial charge < -0.3 is 20.1 Å². The molecule has 154 valence electrons. The lowest BCUT2D eigenvalue weighted by molar-refractivity contribution is 0.0288. The second kappa shape index (κ2) is 9.55. The fraction of sp³-hybridized carbons (Fsp3) is 0.333.